The molecule has 0 amide bonds. The van der Waals surface area contributed by atoms with Crippen LogP contribution >= 0.6 is 0 Å². The van der Waals surface area contributed by atoms with Crippen molar-refractivity contribution in [3.05, 3.63) is 29.8 Å². The lowest BCUT2D eigenvalue weighted by atomic mass is 9.73. The predicted octanol–water partition coefficient (Wildman–Crippen LogP) is 0.511. The van der Waals surface area contributed by atoms with Crippen molar-refractivity contribution >= 4 is 5.97 Å². The van der Waals surface area contributed by atoms with Gasteiger partial charge in [-0.2, -0.15) is 0 Å². The number of hydrogen-bond donors (Lipinski definition) is 0. The highest BCUT2D eigenvalue weighted by Crippen LogP contribution is 2.39. The Morgan fingerprint density at radius 1 is 1.16 bits per heavy atom. The molecule has 0 spiro atoms. The summed E-state index contributed by atoms with van der Waals surface area (Å²) in [6.45, 7) is 6.01. The van der Waals surface area contributed by atoms with Crippen LogP contribution in [0.2, 0.25) is 0 Å². The molecule has 1 aromatic rings. The number of methoxy groups -OCH3 is 1. The van der Waals surface area contributed by atoms with Crippen molar-refractivity contribution in [2.45, 2.75) is 38.7 Å². The number of carbonyl (C=O) groups is 1. The Kier molecular flexibility index (Phi) is 6.92. The number of rotatable bonds is 4. The maximum Gasteiger partial charge on any atom is 0.338 e. The second-order valence-electron chi connectivity index (χ2n) is 7.72. The number of nitrogens with zero attached hydrogens (tertiary/aromatic N) is 1. The van der Waals surface area contributed by atoms with E-state index in [4.69, 9.17) is 9.47 Å². The standard InChI is InChI=1S/C20H30NO3.BrH/c1-4-21(2)12-11-15-5-10-19(13-17(15)14-21)24-20(22)16-6-8-18(23-3)9-7-16;/h6-9,15,17,19H,4-5,10-14H2,1-3H3;1H/q+1;/p-1/t15-,17+,19-,21?;/m1./s1. The van der Waals surface area contributed by atoms with E-state index in [1.165, 1.54) is 37.0 Å². The van der Waals surface area contributed by atoms with Gasteiger partial charge in [-0.25, -0.2) is 4.79 Å². The molecule has 0 N–H and O–H groups in total. The van der Waals surface area contributed by atoms with E-state index in [-0.39, 0.29) is 29.1 Å². The molecule has 0 aromatic heterocycles. The minimum absolute atomic E-state index is 0. The van der Waals surface area contributed by atoms with Gasteiger partial charge in [0.1, 0.15) is 11.9 Å². The van der Waals surface area contributed by atoms with Crippen LogP contribution < -0.4 is 21.7 Å². The highest BCUT2D eigenvalue weighted by Gasteiger charge is 2.41. The van der Waals surface area contributed by atoms with E-state index in [9.17, 15) is 4.79 Å². The van der Waals surface area contributed by atoms with Gasteiger partial charge in [0, 0.05) is 5.92 Å². The van der Waals surface area contributed by atoms with Gasteiger partial charge in [0.2, 0.25) is 0 Å². The van der Waals surface area contributed by atoms with Crippen LogP contribution in [-0.4, -0.2) is 50.3 Å². The van der Waals surface area contributed by atoms with Crippen LogP contribution in [0.1, 0.15) is 43.0 Å². The number of quaternary nitrogens is 1. The van der Waals surface area contributed by atoms with E-state index in [0.29, 0.717) is 11.5 Å². The highest BCUT2D eigenvalue weighted by molar-refractivity contribution is 5.89. The second kappa shape index (κ2) is 8.54. The minimum Gasteiger partial charge on any atom is -1.00 e. The van der Waals surface area contributed by atoms with Crippen molar-refractivity contribution in [2.75, 3.05) is 33.8 Å². The third kappa shape index (κ3) is 4.76. The molecule has 1 saturated carbocycles. The van der Waals surface area contributed by atoms with Gasteiger partial charge in [0.25, 0.3) is 0 Å². The normalized spacial score (nSPS) is 31.4. The topological polar surface area (TPSA) is 35.5 Å². The molecule has 1 unspecified atom stereocenters. The lowest BCUT2D eigenvalue weighted by Gasteiger charge is -2.47. The Morgan fingerprint density at radius 2 is 1.88 bits per heavy atom. The third-order valence-corrected chi connectivity index (χ3v) is 6.17. The zero-order valence-electron chi connectivity index (χ0n) is 15.5. The van der Waals surface area contributed by atoms with E-state index in [0.717, 1.165) is 24.5 Å². The summed E-state index contributed by atoms with van der Waals surface area (Å²) >= 11 is 0. The van der Waals surface area contributed by atoms with Gasteiger partial charge in [-0.15, -0.1) is 0 Å². The molecule has 1 saturated heterocycles. The summed E-state index contributed by atoms with van der Waals surface area (Å²) in [6.07, 6.45) is 4.65. The van der Waals surface area contributed by atoms with E-state index in [2.05, 4.69) is 14.0 Å². The predicted molar refractivity (Wildman–Crippen MR) is 94.1 cm³/mol. The number of likely N-dealkylation sites (tertiary alicyclic amines) is 1. The number of benzene rings is 1. The highest BCUT2D eigenvalue weighted by atomic mass is 79.9. The van der Waals surface area contributed by atoms with Gasteiger partial charge in [-0.3, -0.25) is 0 Å². The summed E-state index contributed by atoms with van der Waals surface area (Å²) in [5.74, 6) is 2.08. The maximum absolute atomic E-state index is 12.4. The van der Waals surface area contributed by atoms with E-state index >= 15 is 0 Å². The van der Waals surface area contributed by atoms with Crippen LogP contribution in [0.3, 0.4) is 0 Å². The molecule has 4 nitrogen and oxygen atoms in total. The van der Waals surface area contributed by atoms with Crippen LogP contribution in [0.4, 0.5) is 0 Å². The molecule has 1 aromatic carbocycles. The average molecular weight is 412 g/mol. The molecule has 5 heteroatoms. The van der Waals surface area contributed by atoms with Crippen molar-refractivity contribution in [3.8, 4) is 5.75 Å². The van der Waals surface area contributed by atoms with Gasteiger partial charge in [0.05, 0.1) is 39.4 Å². The first-order valence-corrected chi connectivity index (χ1v) is 9.21. The molecule has 1 aliphatic heterocycles. The Morgan fingerprint density at radius 3 is 2.52 bits per heavy atom. The Labute approximate surface area is 161 Å². The summed E-state index contributed by atoms with van der Waals surface area (Å²) < 4.78 is 12.1. The van der Waals surface area contributed by atoms with Gasteiger partial charge in [0.15, 0.2) is 0 Å². The summed E-state index contributed by atoms with van der Waals surface area (Å²) in [5.41, 5.74) is 0.607. The number of halogens is 1. The van der Waals surface area contributed by atoms with Gasteiger partial charge in [-0.05, 0) is 62.8 Å². The van der Waals surface area contributed by atoms with Crippen molar-refractivity contribution in [3.63, 3.8) is 0 Å². The summed E-state index contributed by atoms with van der Waals surface area (Å²) in [5, 5.41) is 0. The zero-order valence-corrected chi connectivity index (χ0v) is 17.1. The van der Waals surface area contributed by atoms with Crippen molar-refractivity contribution < 1.29 is 35.7 Å². The fourth-order valence-corrected chi connectivity index (χ4v) is 4.36. The van der Waals surface area contributed by atoms with Crippen LogP contribution in [0, 0.1) is 11.8 Å². The molecule has 1 aliphatic carbocycles. The largest absolute Gasteiger partial charge is 1.00 e. The molecule has 25 heavy (non-hydrogen) atoms. The van der Waals surface area contributed by atoms with Crippen molar-refractivity contribution in [1.29, 1.82) is 0 Å². The number of piperidine rings is 1. The molecule has 3 rings (SSSR count). The third-order valence-electron chi connectivity index (χ3n) is 6.17. The molecule has 4 atom stereocenters. The first-order chi connectivity index (χ1) is 11.5. The zero-order chi connectivity index (χ0) is 17.2. The summed E-state index contributed by atoms with van der Waals surface area (Å²) in [4.78, 5) is 12.4. The molecule has 0 radical (unpaired) electrons. The maximum atomic E-state index is 12.4. The fraction of sp³-hybridized carbons (Fsp3) is 0.650. The SMILES string of the molecule is CC[N+]1(C)CC[C@H]2CC[C@@H](OC(=O)c3ccc(OC)cc3)C[C@H]2C1.[Br-]. The smallest absolute Gasteiger partial charge is 0.338 e. The monoisotopic (exact) mass is 411 g/mol. The van der Waals surface area contributed by atoms with Crippen LogP contribution in [0.15, 0.2) is 24.3 Å². The summed E-state index contributed by atoms with van der Waals surface area (Å²) in [7, 11) is 3.99. The molecular formula is C20H30BrNO3. The first-order valence-electron chi connectivity index (χ1n) is 9.21. The first kappa shape index (κ1) is 20.2. The van der Waals surface area contributed by atoms with Gasteiger partial charge >= 0.3 is 5.97 Å². The Bertz CT molecular complexity index is 577. The lowest BCUT2D eigenvalue weighted by Crippen LogP contribution is -3.00. The van der Waals surface area contributed by atoms with Crippen LogP contribution in [0.5, 0.6) is 5.75 Å². The van der Waals surface area contributed by atoms with Gasteiger partial charge in [-0.1, -0.05) is 0 Å². The number of carbonyl (C=O) groups excluding carboxylic acids is 1. The van der Waals surface area contributed by atoms with Crippen LogP contribution in [0.25, 0.3) is 0 Å². The molecule has 140 valence electrons. The molecular weight excluding hydrogens is 382 g/mol. The van der Waals surface area contributed by atoms with Crippen LogP contribution in [-0.2, 0) is 4.74 Å². The molecule has 2 fully saturated rings. The average Bonchev–Trinajstić information content (AvgIpc) is 2.61. The second-order valence-corrected chi connectivity index (χ2v) is 7.72. The molecule has 2 aliphatic rings. The fourth-order valence-electron chi connectivity index (χ4n) is 4.36. The van der Waals surface area contributed by atoms with E-state index in [1.807, 2.05) is 0 Å². The van der Waals surface area contributed by atoms with E-state index in [1.54, 1.807) is 31.4 Å². The van der Waals surface area contributed by atoms with E-state index < -0.39 is 0 Å². The molecule has 0 bridgehead atoms. The van der Waals surface area contributed by atoms with Crippen molar-refractivity contribution in [2.24, 2.45) is 11.8 Å². The molecule has 1 heterocycles. The Hall–Kier alpha value is -1.07. The number of fused-ring (bicyclic) bond motifs is 1. The van der Waals surface area contributed by atoms with Gasteiger partial charge < -0.3 is 30.9 Å². The minimum atomic E-state index is -0.204. The number of ether oxygens (including phenoxy) is 2. The summed E-state index contributed by atoms with van der Waals surface area (Å²) in [6, 6.07) is 7.16. The Balaban J connectivity index is 0.00000225. The number of esters is 1. The van der Waals surface area contributed by atoms with Crippen molar-refractivity contribution in [1.82, 2.24) is 0 Å². The lowest BCUT2D eigenvalue weighted by molar-refractivity contribution is -0.917. The quantitative estimate of drug-likeness (QED) is 0.534. The number of hydrogen-bond acceptors (Lipinski definition) is 3.